The Balaban J connectivity index is 1.11. The molecule has 2 aromatic carbocycles. The van der Waals surface area contributed by atoms with Crippen LogP contribution in [0.25, 0.3) is 10.9 Å². The number of rotatable bonds is 14. The Kier molecular flexibility index (Phi) is 10.6. The molecule has 14 heteroatoms. The molecule has 2 aromatic heterocycles. The molecule has 2 amide bonds. The van der Waals surface area contributed by atoms with Crippen LogP contribution in [0.3, 0.4) is 0 Å². The second kappa shape index (κ2) is 14.8. The molecular weight excluding hydrogens is 611 g/mol. The number of nitrogens with one attached hydrogen (secondary N) is 4. The molecule has 2 atom stereocenters. The molecule has 3 heterocycles. The van der Waals surface area contributed by atoms with Crippen molar-refractivity contribution >= 4 is 36.4 Å². The average Bonchev–Trinajstić information content (AvgIpc) is 3.66. The first-order chi connectivity index (χ1) is 22.1. The maximum Gasteiger partial charge on any atom is 0.459 e. The quantitative estimate of drug-likeness (QED) is 0.0865. The number of amides is 2. The van der Waals surface area contributed by atoms with Crippen molar-refractivity contribution in [3.63, 3.8) is 0 Å². The molecule has 4 aromatic rings. The zero-order chi connectivity index (χ0) is 32.7. The molecule has 0 saturated carbocycles. The Morgan fingerprint density at radius 3 is 2.59 bits per heavy atom. The largest absolute Gasteiger partial charge is 0.462 e. The minimum atomic E-state index is -4.00. The van der Waals surface area contributed by atoms with Gasteiger partial charge in [-0.25, -0.2) is 4.57 Å². The molecule has 1 aliphatic heterocycles. The Hall–Kier alpha value is -4.45. The molecule has 0 bridgehead atoms. The Morgan fingerprint density at radius 2 is 1.83 bits per heavy atom. The highest BCUT2D eigenvalue weighted by atomic mass is 31.2. The smallest absolute Gasteiger partial charge is 0.459 e. The number of aromatic nitrogens is 3. The lowest BCUT2D eigenvalue weighted by atomic mass is 10.0. The van der Waals surface area contributed by atoms with Crippen LogP contribution in [-0.2, 0) is 42.9 Å². The predicted molar refractivity (Wildman–Crippen MR) is 171 cm³/mol. The van der Waals surface area contributed by atoms with Gasteiger partial charge in [-0.3, -0.25) is 24.0 Å². The maximum atomic E-state index is 13.6. The zero-order valence-electron chi connectivity index (χ0n) is 26.1. The number of aromatic amines is 2. The summed E-state index contributed by atoms with van der Waals surface area (Å²) in [6, 6.07) is 17.1. The highest BCUT2D eigenvalue weighted by molar-refractivity contribution is 7.52. The second-order valence-electron chi connectivity index (χ2n) is 11.3. The van der Waals surface area contributed by atoms with Gasteiger partial charge in [0.2, 0.25) is 5.91 Å². The van der Waals surface area contributed by atoms with Gasteiger partial charge in [0.05, 0.1) is 24.9 Å². The Morgan fingerprint density at radius 1 is 1.07 bits per heavy atom. The summed E-state index contributed by atoms with van der Waals surface area (Å²) in [4.78, 5) is 43.2. The van der Waals surface area contributed by atoms with Crippen LogP contribution in [0.15, 0.2) is 60.7 Å². The lowest BCUT2D eigenvalue weighted by Gasteiger charge is -2.26. The first-order valence-corrected chi connectivity index (χ1v) is 16.8. The molecule has 0 radical (unpaired) electrons. The lowest BCUT2D eigenvalue weighted by Crippen LogP contribution is -2.36. The number of benzene rings is 2. The summed E-state index contributed by atoms with van der Waals surface area (Å²) in [7, 11) is -4.00. The summed E-state index contributed by atoms with van der Waals surface area (Å²) in [5.74, 6) is -0.639. The van der Waals surface area contributed by atoms with Crippen LogP contribution in [0, 0.1) is 0 Å². The molecule has 13 nitrogen and oxygen atoms in total. The van der Waals surface area contributed by atoms with E-state index in [1.165, 1.54) is 6.92 Å². The minimum absolute atomic E-state index is 0.0703. The fourth-order valence-corrected chi connectivity index (χ4v) is 6.58. The minimum Gasteiger partial charge on any atom is -0.462 e. The van der Waals surface area contributed by atoms with E-state index in [1.54, 1.807) is 49.1 Å². The first-order valence-electron chi connectivity index (χ1n) is 15.3. The number of nitrogens with zero attached hydrogens (tertiary/aromatic N) is 2. The average molecular weight is 651 g/mol. The van der Waals surface area contributed by atoms with Crippen LogP contribution in [0.2, 0.25) is 0 Å². The number of esters is 1. The van der Waals surface area contributed by atoms with Crippen LogP contribution in [0.5, 0.6) is 5.75 Å². The van der Waals surface area contributed by atoms with Gasteiger partial charge in [-0.2, -0.15) is 10.2 Å². The molecule has 1 unspecified atom stereocenters. The molecule has 46 heavy (non-hydrogen) atoms. The third-order valence-electron chi connectivity index (χ3n) is 7.36. The number of carbonyl (C=O) groups excluding carboxylic acids is 3. The second-order valence-corrected chi connectivity index (χ2v) is 13.0. The van der Waals surface area contributed by atoms with Gasteiger partial charge in [0.15, 0.2) is 0 Å². The fourth-order valence-electron chi connectivity index (χ4n) is 5.06. The lowest BCUT2D eigenvalue weighted by molar-refractivity contribution is -0.149. The van der Waals surface area contributed by atoms with Crippen LogP contribution in [-0.4, -0.2) is 63.2 Å². The van der Waals surface area contributed by atoms with Gasteiger partial charge in [-0.15, -0.1) is 0 Å². The highest BCUT2D eigenvalue weighted by Gasteiger charge is 2.32. The number of fused-ring (bicyclic) bond motifs is 2. The molecule has 0 aliphatic carbocycles. The summed E-state index contributed by atoms with van der Waals surface area (Å²) < 4.78 is 30.0. The third-order valence-corrected chi connectivity index (χ3v) is 9.03. The van der Waals surface area contributed by atoms with Crippen LogP contribution < -0.4 is 14.9 Å². The van der Waals surface area contributed by atoms with E-state index in [4.69, 9.17) is 13.8 Å². The van der Waals surface area contributed by atoms with Crippen molar-refractivity contribution in [2.45, 2.75) is 65.3 Å². The van der Waals surface area contributed by atoms with Gasteiger partial charge in [-0.05, 0) is 51.5 Å². The Labute approximate surface area is 267 Å². The standard InChI is InChI=1S/C32H39N6O7P/c1-21(2)44-32(41)22(3)37-46(42,45-24-11-5-4-6-12-24)43-17-9-14-30(39)33-19-29-25-20-38(16-15-27(25)35-36-29)31(40)28-18-23-10-7-8-13-26(23)34-28/h4-8,10-13,18,21-22,34H,9,14-17,19-20H2,1-3H3,(H,33,39)(H,35,36)(H,37,42)/t22-,46?/m0/s1. The van der Waals surface area contributed by atoms with Crippen molar-refractivity contribution < 1.29 is 32.7 Å². The highest BCUT2D eigenvalue weighted by Crippen LogP contribution is 2.45. The zero-order valence-corrected chi connectivity index (χ0v) is 27.0. The van der Waals surface area contributed by atoms with E-state index in [0.29, 0.717) is 36.6 Å². The van der Waals surface area contributed by atoms with Gasteiger partial charge in [-0.1, -0.05) is 36.4 Å². The van der Waals surface area contributed by atoms with E-state index in [0.717, 1.165) is 22.2 Å². The first kappa shape index (κ1) is 32.9. The van der Waals surface area contributed by atoms with Crippen molar-refractivity contribution in [2.24, 2.45) is 0 Å². The van der Waals surface area contributed by atoms with Crippen molar-refractivity contribution in [3.05, 3.63) is 83.3 Å². The van der Waals surface area contributed by atoms with E-state index in [1.807, 2.05) is 30.3 Å². The molecule has 4 N–H and O–H groups in total. The predicted octanol–water partition coefficient (Wildman–Crippen LogP) is 4.62. The number of H-pyrrole nitrogens is 2. The SMILES string of the molecule is CC(C)OC(=O)[C@H](C)NP(=O)(OCCCC(=O)NCc1n[nH]c2c1CN(C(=O)c1cc3ccccc3[nH]1)CC2)Oc1ccccc1. The molecule has 244 valence electrons. The van der Waals surface area contributed by atoms with Gasteiger partial charge >= 0.3 is 13.7 Å². The summed E-state index contributed by atoms with van der Waals surface area (Å²) in [5.41, 5.74) is 3.95. The van der Waals surface area contributed by atoms with Gasteiger partial charge in [0.25, 0.3) is 5.91 Å². The summed E-state index contributed by atoms with van der Waals surface area (Å²) in [6.07, 6.45) is 0.621. The summed E-state index contributed by atoms with van der Waals surface area (Å²) in [5, 5.41) is 13.9. The number of para-hydroxylation sites is 2. The van der Waals surface area contributed by atoms with Crippen molar-refractivity contribution in [1.29, 1.82) is 0 Å². The van der Waals surface area contributed by atoms with E-state index < -0.39 is 19.8 Å². The molecule has 0 saturated heterocycles. The van der Waals surface area contributed by atoms with Crippen molar-refractivity contribution in [3.8, 4) is 5.75 Å². The fraction of sp³-hybridized carbons (Fsp3) is 0.375. The third kappa shape index (κ3) is 8.42. The summed E-state index contributed by atoms with van der Waals surface area (Å²) >= 11 is 0. The maximum absolute atomic E-state index is 13.6. The normalized spacial score (nSPS) is 14.8. The number of carbonyl (C=O) groups is 3. The summed E-state index contributed by atoms with van der Waals surface area (Å²) in [6.45, 7) is 5.99. The molecule has 5 rings (SSSR count). The van der Waals surface area contributed by atoms with Crippen molar-refractivity contribution in [1.82, 2.24) is 30.5 Å². The van der Waals surface area contributed by atoms with Crippen LogP contribution in [0.1, 0.15) is 61.1 Å². The van der Waals surface area contributed by atoms with Crippen LogP contribution >= 0.6 is 7.75 Å². The molecular formula is C32H39N6O7P. The van der Waals surface area contributed by atoms with Gasteiger partial charge in [0.1, 0.15) is 17.5 Å². The van der Waals surface area contributed by atoms with Gasteiger partial charge in [0, 0.05) is 48.1 Å². The molecule has 0 spiro atoms. The van der Waals surface area contributed by atoms with Gasteiger partial charge < -0.3 is 24.5 Å². The van der Waals surface area contributed by atoms with E-state index in [2.05, 4.69) is 25.6 Å². The number of hydrogen-bond donors (Lipinski definition) is 4. The Bertz CT molecular complexity index is 1690. The van der Waals surface area contributed by atoms with E-state index in [9.17, 15) is 18.9 Å². The number of hydrogen-bond acceptors (Lipinski definition) is 8. The van der Waals surface area contributed by atoms with E-state index >= 15 is 0 Å². The monoisotopic (exact) mass is 650 g/mol. The van der Waals surface area contributed by atoms with Crippen molar-refractivity contribution in [2.75, 3.05) is 13.2 Å². The van der Waals surface area contributed by atoms with E-state index in [-0.39, 0.29) is 43.9 Å². The number of ether oxygens (including phenoxy) is 1. The van der Waals surface area contributed by atoms with Crippen LogP contribution in [0.4, 0.5) is 0 Å². The molecule has 1 aliphatic rings. The topological polar surface area (TPSA) is 168 Å². The molecule has 0 fully saturated rings.